The Kier molecular flexibility index (Phi) is 4.45. The first kappa shape index (κ1) is 15.1. The van der Waals surface area contributed by atoms with Gasteiger partial charge in [-0.05, 0) is 31.2 Å². The fourth-order valence-electron chi connectivity index (χ4n) is 2.00. The number of carbonyl (C=O) groups excluding carboxylic acids is 1. The highest BCUT2D eigenvalue weighted by Gasteiger charge is 2.18. The summed E-state index contributed by atoms with van der Waals surface area (Å²) < 4.78 is 10.5. The number of fused-ring (bicyclic) bond motifs is 1. The number of thioether (sulfide) groups is 1. The largest absolute Gasteiger partial charge is 0.454 e. The van der Waals surface area contributed by atoms with E-state index in [0.29, 0.717) is 22.2 Å². The fraction of sp³-hybridized carbons (Fsp3) is 0.188. The van der Waals surface area contributed by atoms with Crippen LogP contribution < -0.4 is 14.8 Å². The molecule has 114 valence electrons. The van der Waals surface area contributed by atoms with Crippen LogP contribution in [0.5, 0.6) is 11.5 Å². The molecular weight excluding hydrogens is 322 g/mol. The molecule has 0 bridgehead atoms. The van der Waals surface area contributed by atoms with Crippen molar-refractivity contribution in [1.82, 2.24) is 0 Å². The summed E-state index contributed by atoms with van der Waals surface area (Å²) >= 11 is 7.54. The number of ether oxygens (including phenoxy) is 2. The van der Waals surface area contributed by atoms with Gasteiger partial charge in [0.2, 0.25) is 12.7 Å². The maximum atomic E-state index is 12.3. The summed E-state index contributed by atoms with van der Waals surface area (Å²) in [6, 6.07) is 12.8. The second-order valence-corrected chi connectivity index (χ2v) is 6.54. The summed E-state index contributed by atoms with van der Waals surface area (Å²) in [6.07, 6.45) is 0. The smallest absolute Gasteiger partial charge is 0.237 e. The minimum Gasteiger partial charge on any atom is -0.454 e. The van der Waals surface area contributed by atoms with Crippen LogP contribution in [0.15, 0.2) is 47.4 Å². The van der Waals surface area contributed by atoms with Crippen molar-refractivity contribution in [3.63, 3.8) is 0 Å². The Hall–Kier alpha value is -1.85. The molecule has 0 saturated carbocycles. The molecule has 0 fully saturated rings. The molecule has 0 aromatic heterocycles. The highest BCUT2D eigenvalue weighted by Crippen LogP contribution is 2.35. The van der Waals surface area contributed by atoms with Crippen LogP contribution in [0.3, 0.4) is 0 Å². The van der Waals surface area contributed by atoms with E-state index < -0.39 is 0 Å². The van der Waals surface area contributed by atoms with Gasteiger partial charge in [0.05, 0.1) is 10.3 Å². The zero-order valence-corrected chi connectivity index (χ0v) is 13.4. The van der Waals surface area contributed by atoms with Crippen molar-refractivity contribution < 1.29 is 14.3 Å². The van der Waals surface area contributed by atoms with E-state index in [1.54, 1.807) is 18.2 Å². The molecule has 1 amide bonds. The Labute approximate surface area is 137 Å². The van der Waals surface area contributed by atoms with Gasteiger partial charge in [0.25, 0.3) is 0 Å². The lowest BCUT2D eigenvalue weighted by atomic mass is 10.2. The number of anilines is 1. The summed E-state index contributed by atoms with van der Waals surface area (Å²) in [5.41, 5.74) is 0.681. The minimum absolute atomic E-state index is 0.0937. The van der Waals surface area contributed by atoms with Crippen LogP contribution in [0.25, 0.3) is 0 Å². The van der Waals surface area contributed by atoms with E-state index in [0.717, 1.165) is 4.90 Å². The van der Waals surface area contributed by atoms with Gasteiger partial charge in [-0.2, -0.15) is 0 Å². The van der Waals surface area contributed by atoms with E-state index in [1.165, 1.54) is 11.8 Å². The molecule has 1 heterocycles. The Morgan fingerprint density at radius 3 is 2.82 bits per heavy atom. The SMILES string of the molecule is C[C@H](Sc1ccccc1Cl)C(=O)Nc1ccc2c(c1)OCO2. The van der Waals surface area contributed by atoms with E-state index >= 15 is 0 Å². The number of amides is 1. The van der Waals surface area contributed by atoms with Crippen molar-refractivity contribution in [2.24, 2.45) is 0 Å². The molecule has 2 aromatic carbocycles. The molecule has 2 aromatic rings. The summed E-state index contributed by atoms with van der Waals surface area (Å²) in [5.74, 6) is 1.24. The first-order valence-electron chi connectivity index (χ1n) is 6.75. The number of halogens is 1. The molecule has 0 spiro atoms. The van der Waals surface area contributed by atoms with Gasteiger partial charge in [0.15, 0.2) is 11.5 Å². The monoisotopic (exact) mass is 335 g/mol. The Morgan fingerprint density at radius 1 is 1.23 bits per heavy atom. The minimum atomic E-state index is -0.273. The maximum absolute atomic E-state index is 12.3. The van der Waals surface area contributed by atoms with E-state index in [9.17, 15) is 4.79 Å². The van der Waals surface area contributed by atoms with Crippen molar-refractivity contribution in [2.45, 2.75) is 17.1 Å². The zero-order valence-electron chi connectivity index (χ0n) is 11.8. The van der Waals surface area contributed by atoms with Gasteiger partial charge in [0, 0.05) is 16.6 Å². The summed E-state index contributed by atoms with van der Waals surface area (Å²) in [7, 11) is 0. The number of hydrogen-bond acceptors (Lipinski definition) is 4. The molecule has 1 aliphatic heterocycles. The zero-order chi connectivity index (χ0) is 15.5. The second-order valence-electron chi connectivity index (χ2n) is 4.75. The molecule has 1 N–H and O–H groups in total. The maximum Gasteiger partial charge on any atom is 0.237 e. The number of hydrogen-bond donors (Lipinski definition) is 1. The van der Waals surface area contributed by atoms with Gasteiger partial charge >= 0.3 is 0 Å². The molecule has 6 heteroatoms. The first-order valence-corrected chi connectivity index (χ1v) is 8.01. The molecule has 0 radical (unpaired) electrons. The van der Waals surface area contributed by atoms with Gasteiger partial charge in [-0.1, -0.05) is 23.7 Å². The quantitative estimate of drug-likeness (QED) is 0.851. The third-order valence-corrected chi connectivity index (χ3v) is 4.77. The van der Waals surface area contributed by atoms with Gasteiger partial charge < -0.3 is 14.8 Å². The summed E-state index contributed by atoms with van der Waals surface area (Å²) in [6.45, 7) is 2.06. The molecule has 0 saturated heterocycles. The van der Waals surface area contributed by atoms with E-state index in [1.807, 2.05) is 31.2 Å². The predicted octanol–water partition coefficient (Wildman–Crippen LogP) is 4.19. The Morgan fingerprint density at radius 2 is 2.00 bits per heavy atom. The predicted molar refractivity (Wildman–Crippen MR) is 88.0 cm³/mol. The highest BCUT2D eigenvalue weighted by atomic mass is 35.5. The van der Waals surface area contributed by atoms with Crippen molar-refractivity contribution in [2.75, 3.05) is 12.1 Å². The van der Waals surface area contributed by atoms with Gasteiger partial charge in [-0.15, -0.1) is 11.8 Å². The molecule has 0 aliphatic carbocycles. The van der Waals surface area contributed by atoms with E-state index in [4.69, 9.17) is 21.1 Å². The van der Waals surface area contributed by atoms with Crippen LogP contribution >= 0.6 is 23.4 Å². The molecule has 3 rings (SSSR count). The Balaban J connectivity index is 1.65. The number of benzene rings is 2. The van der Waals surface area contributed by atoms with Gasteiger partial charge in [-0.25, -0.2) is 0 Å². The molecule has 4 nitrogen and oxygen atoms in total. The second kappa shape index (κ2) is 6.50. The van der Waals surface area contributed by atoms with Crippen LogP contribution in [0, 0.1) is 0 Å². The first-order chi connectivity index (χ1) is 10.6. The van der Waals surface area contributed by atoms with Crippen LogP contribution in [-0.2, 0) is 4.79 Å². The van der Waals surface area contributed by atoms with Crippen molar-refractivity contribution in [3.8, 4) is 11.5 Å². The molecule has 0 unspecified atom stereocenters. The van der Waals surface area contributed by atoms with Crippen molar-refractivity contribution in [1.29, 1.82) is 0 Å². The van der Waals surface area contributed by atoms with Crippen LogP contribution in [0.2, 0.25) is 5.02 Å². The fourth-order valence-corrected chi connectivity index (χ4v) is 3.16. The van der Waals surface area contributed by atoms with Crippen LogP contribution in [-0.4, -0.2) is 18.0 Å². The average molecular weight is 336 g/mol. The van der Waals surface area contributed by atoms with E-state index in [2.05, 4.69) is 5.32 Å². The van der Waals surface area contributed by atoms with Gasteiger partial charge in [-0.3, -0.25) is 4.79 Å². The lowest BCUT2D eigenvalue weighted by Crippen LogP contribution is -2.22. The van der Waals surface area contributed by atoms with Gasteiger partial charge in [0.1, 0.15) is 0 Å². The van der Waals surface area contributed by atoms with Crippen molar-refractivity contribution >= 4 is 35.0 Å². The third kappa shape index (κ3) is 3.31. The average Bonchev–Trinajstić information content (AvgIpc) is 2.97. The summed E-state index contributed by atoms with van der Waals surface area (Å²) in [4.78, 5) is 13.2. The molecule has 22 heavy (non-hydrogen) atoms. The van der Waals surface area contributed by atoms with Crippen LogP contribution in [0.1, 0.15) is 6.92 Å². The topological polar surface area (TPSA) is 47.6 Å². The highest BCUT2D eigenvalue weighted by molar-refractivity contribution is 8.00. The lowest BCUT2D eigenvalue weighted by molar-refractivity contribution is -0.115. The normalized spacial score (nSPS) is 13.7. The number of nitrogens with one attached hydrogen (secondary N) is 1. The molecule has 1 aliphatic rings. The third-order valence-electron chi connectivity index (χ3n) is 3.15. The van der Waals surface area contributed by atoms with Crippen LogP contribution in [0.4, 0.5) is 5.69 Å². The number of rotatable bonds is 4. The van der Waals surface area contributed by atoms with Crippen molar-refractivity contribution in [3.05, 3.63) is 47.5 Å². The molecular formula is C16H14ClNO3S. The lowest BCUT2D eigenvalue weighted by Gasteiger charge is -2.13. The summed E-state index contributed by atoms with van der Waals surface area (Å²) in [5, 5.41) is 3.25. The Bertz CT molecular complexity index is 708. The molecule has 1 atom stereocenters. The standard InChI is InChI=1S/C16H14ClNO3S/c1-10(22-15-5-3-2-4-12(15)17)16(19)18-11-6-7-13-14(8-11)21-9-20-13/h2-8,10H,9H2,1H3,(H,18,19)/t10-/m0/s1. The van der Waals surface area contributed by atoms with E-state index in [-0.39, 0.29) is 18.0 Å². The number of carbonyl (C=O) groups is 1.